The molecule has 1 atom stereocenters. The lowest BCUT2D eigenvalue weighted by Crippen LogP contribution is -2.50. The number of carbonyl (C=O) groups is 1. The van der Waals surface area contributed by atoms with Gasteiger partial charge in [0.1, 0.15) is 6.04 Å². The van der Waals surface area contributed by atoms with Crippen LogP contribution in [-0.4, -0.2) is 60.7 Å². The van der Waals surface area contributed by atoms with Crippen LogP contribution in [0, 0.1) is 0 Å². The van der Waals surface area contributed by atoms with Crippen LogP contribution in [0.5, 0.6) is 0 Å². The first-order chi connectivity index (χ1) is 7.83. The first-order valence-electron chi connectivity index (χ1n) is 5.24. The topological polar surface area (TPSA) is 133 Å². The lowest BCUT2D eigenvalue weighted by atomic mass is 10.1. The Labute approximate surface area is 99.6 Å². The van der Waals surface area contributed by atoms with Crippen molar-refractivity contribution in [3.05, 3.63) is 0 Å². The van der Waals surface area contributed by atoms with Crippen molar-refractivity contribution in [3.8, 4) is 0 Å². The van der Waals surface area contributed by atoms with E-state index in [1.54, 1.807) is 0 Å². The predicted molar refractivity (Wildman–Crippen MR) is 59.3 cm³/mol. The Morgan fingerprint density at radius 3 is 2.47 bits per heavy atom. The van der Waals surface area contributed by atoms with Gasteiger partial charge in [0.25, 0.3) is 10.2 Å². The number of nitrogens with zero attached hydrogens (tertiary/aromatic N) is 1. The zero-order valence-electron chi connectivity index (χ0n) is 9.24. The fraction of sp³-hybridized carbons (Fsp3) is 0.875. The first kappa shape index (κ1) is 14.3. The lowest BCUT2D eigenvalue weighted by Gasteiger charge is -2.28. The molecule has 0 aromatic rings. The molecule has 1 saturated heterocycles. The van der Waals surface area contributed by atoms with Crippen LogP contribution in [0.2, 0.25) is 0 Å². The summed E-state index contributed by atoms with van der Waals surface area (Å²) in [6, 6.07) is -1.26. The van der Waals surface area contributed by atoms with Gasteiger partial charge in [-0.3, -0.25) is 4.79 Å². The van der Waals surface area contributed by atoms with Gasteiger partial charge in [0.05, 0.1) is 6.10 Å². The average molecular weight is 267 g/mol. The SMILES string of the molecule is NC(CNS(=O)(=O)N1CCC(O)CC1)C(=O)O. The molecule has 0 saturated carbocycles. The largest absolute Gasteiger partial charge is 0.480 e. The quantitative estimate of drug-likeness (QED) is 0.442. The Balaban J connectivity index is 2.48. The van der Waals surface area contributed by atoms with Crippen molar-refractivity contribution in [1.82, 2.24) is 9.03 Å². The highest BCUT2D eigenvalue weighted by atomic mass is 32.2. The minimum absolute atomic E-state index is 0.221. The number of aliphatic carboxylic acids is 1. The Bertz CT molecular complexity index is 363. The summed E-state index contributed by atoms with van der Waals surface area (Å²) >= 11 is 0. The van der Waals surface area contributed by atoms with Crippen molar-refractivity contribution in [1.29, 1.82) is 0 Å². The van der Waals surface area contributed by atoms with Gasteiger partial charge in [-0.1, -0.05) is 0 Å². The Morgan fingerprint density at radius 2 is 2.00 bits per heavy atom. The molecule has 0 amide bonds. The van der Waals surface area contributed by atoms with Crippen molar-refractivity contribution in [2.45, 2.75) is 25.0 Å². The molecule has 0 radical (unpaired) electrons. The number of aliphatic hydroxyl groups is 1. The van der Waals surface area contributed by atoms with E-state index in [1.165, 1.54) is 4.31 Å². The van der Waals surface area contributed by atoms with E-state index in [2.05, 4.69) is 4.72 Å². The molecule has 17 heavy (non-hydrogen) atoms. The fourth-order valence-corrected chi connectivity index (χ4v) is 2.72. The van der Waals surface area contributed by atoms with E-state index in [0.29, 0.717) is 12.8 Å². The van der Waals surface area contributed by atoms with Crippen molar-refractivity contribution < 1.29 is 23.4 Å². The van der Waals surface area contributed by atoms with Crippen LogP contribution in [0.1, 0.15) is 12.8 Å². The highest BCUT2D eigenvalue weighted by Crippen LogP contribution is 2.12. The number of aliphatic hydroxyl groups excluding tert-OH is 1. The second-order valence-electron chi connectivity index (χ2n) is 3.93. The molecule has 9 heteroatoms. The van der Waals surface area contributed by atoms with Gasteiger partial charge < -0.3 is 15.9 Å². The summed E-state index contributed by atoms with van der Waals surface area (Å²) in [5.41, 5.74) is 5.19. The predicted octanol–water partition coefficient (Wildman–Crippen LogP) is -2.31. The molecule has 1 rings (SSSR count). The molecule has 0 aliphatic carbocycles. The molecule has 100 valence electrons. The summed E-state index contributed by atoms with van der Waals surface area (Å²) in [6.45, 7) is 0.0916. The molecule has 0 spiro atoms. The molecule has 5 N–H and O–H groups in total. The summed E-state index contributed by atoms with van der Waals surface area (Å²) in [4.78, 5) is 10.4. The highest BCUT2D eigenvalue weighted by molar-refractivity contribution is 7.87. The minimum atomic E-state index is -3.71. The van der Waals surface area contributed by atoms with E-state index in [9.17, 15) is 18.3 Å². The van der Waals surface area contributed by atoms with Gasteiger partial charge in [0, 0.05) is 19.6 Å². The number of piperidine rings is 1. The smallest absolute Gasteiger partial charge is 0.321 e. The van der Waals surface area contributed by atoms with Gasteiger partial charge in [-0.05, 0) is 12.8 Å². The maximum absolute atomic E-state index is 11.7. The van der Waals surface area contributed by atoms with Crippen LogP contribution < -0.4 is 10.5 Å². The molecule has 0 bridgehead atoms. The third-order valence-corrected chi connectivity index (χ3v) is 4.14. The first-order valence-corrected chi connectivity index (χ1v) is 6.68. The van der Waals surface area contributed by atoms with E-state index in [1.807, 2.05) is 0 Å². The molecule has 0 aromatic carbocycles. The van der Waals surface area contributed by atoms with Gasteiger partial charge in [-0.25, -0.2) is 0 Å². The normalized spacial score (nSPS) is 21.3. The molecular weight excluding hydrogens is 250 g/mol. The maximum atomic E-state index is 11.7. The fourth-order valence-electron chi connectivity index (χ4n) is 1.46. The molecular formula is C8H17N3O5S. The zero-order chi connectivity index (χ0) is 13.1. The van der Waals surface area contributed by atoms with E-state index < -0.39 is 28.3 Å². The van der Waals surface area contributed by atoms with E-state index in [-0.39, 0.29) is 19.6 Å². The standard InChI is InChI=1S/C8H17N3O5S/c9-7(8(13)14)5-10-17(15,16)11-3-1-6(12)2-4-11/h6-7,10,12H,1-5,9H2,(H,13,14). The number of nitrogens with one attached hydrogen (secondary N) is 1. The summed E-state index contributed by atoms with van der Waals surface area (Å²) in [6.07, 6.45) is 0.292. The van der Waals surface area contributed by atoms with Crippen LogP contribution in [0.15, 0.2) is 0 Å². The maximum Gasteiger partial charge on any atom is 0.321 e. The number of nitrogens with two attached hydrogens (primary N) is 1. The average Bonchev–Trinajstić information content (AvgIpc) is 2.26. The summed E-state index contributed by atoms with van der Waals surface area (Å²) in [7, 11) is -3.71. The van der Waals surface area contributed by atoms with Gasteiger partial charge in [0.15, 0.2) is 0 Å². The minimum Gasteiger partial charge on any atom is -0.480 e. The second-order valence-corrected chi connectivity index (χ2v) is 5.68. The number of hydrogen-bond donors (Lipinski definition) is 4. The number of rotatable bonds is 5. The van der Waals surface area contributed by atoms with Gasteiger partial charge >= 0.3 is 5.97 Å². The molecule has 8 nitrogen and oxygen atoms in total. The Morgan fingerprint density at radius 1 is 1.47 bits per heavy atom. The van der Waals surface area contributed by atoms with Gasteiger partial charge in [0.2, 0.25) is 0 Å². The van der Waals surface area contributed by atoms with Crippen LogP contribution in [0.25, 0.3) is 0 Å². The van der Waals surface area contributed by atoms with Gasteiger partial charge in [-0.2, -0.15) is 17.4 Å². The van der Waals surface area contributed by atoms with E-state index in [0.717, 1.165) is 0 Å². The Kier molecular flexibility index (Phi) is 4.83. The van der Waals surface area contributed by atoms with Crippen LogP contribution in [0.4, 0.5) is 0 Å². The number of carboxylic acid groups (broad SMARTS) is 1. The monoisotopic (exact) mass is 267 g/mol. The van der Waals surface area contributed by atoms with Crippen LogP contribution in [-0.2, 0) is 15.0 Å². The van der Waals surface area contributed by atoms with Crippen LogP contribution in [0.3, 0.4) is 0 Å². The van der Waals surface area contributed by atoms with E-state index in [4.69, 9.17) is 10.8 Å². The van der Waals surface area contributed by atoms with Crippen molar-refractivity contribution >= 4 is 16.2 Å². The highest BCUT2D eigenvalue weighted by Gasteiger charge is 2.27. The van der Waals surface area contributed by atoms with Crippen molar-refractivity contribution in [2.24, 2.45) is 5.73 Å². The number of carboxylic acids is 1. The molecule has 1 aliphatic heterocycles. The summed E-state index contributed by atoms with van der Waals surface area (Å²) in [5, 5.41) is 17.8. The molecule has 0 aromatic heterocycles. The summed E-state index contributed by atoms with van der Waals surface area (Å²) < 4.78 is 26.7. The van der Waals surface area contributed by atoms with Gasteiger partial charge in [-0.15, -0.1) is 0 Å². The second kappa shape index (κ2) is 5.74. The third kappa shape index (κ3) is 4.21. The van der Waals surface area contributed by atoms with Crippen molar-refractivity contribution in [2.75, 3.05) is 19.6 Å². The zero-order valence-corrected chi connectivity index (χ0v) is 10.1. The van der Waals surface area contributed by atoms with Crippen LogP contribution >= 0.6 is 0 Å². The lowest BCUT2D eigenvalue weighted by molar-refractivity contribution is -0.138. The molecule has 1 aliphatic rings. The molecule has 1 unspecified atom stereocenters. The third-order valence-electron chi connectivity index (χ3n) is 2.57. The Hall–Kier alpha value is -0.740. The molecule has 1 fully saturated rings. The molecule has 1 heterocycles. The number of hydrogen-bond acceptors (Lipinski definition) is 5. The van der Waals surface area contributed by atoms with E-state index >= 15 is 0 Å². The van der Waals surface area contributed by atoms with Crippen molar-refractivity contribution in [3.63, 3.8) is 0 Å². The summed E-state index contributed by atoms with van der Waals surface area (Å²) in [5.74, 6) is -1.26.